The van der Waals surface area contributed by atoms with Crippen LogP contribution >= 0.6 is 0 Å². The second kappa shape index (κ2) is 12.5. The summed E-state index contributed by atoms with van der Waals surface area (Å²) in [5.41, 5.74) is 0.450. The molecule has 1 amide bonds. The first-order valence-electron chi connectivity index (χ1n) is 12.7. The van der Waals surface area contributed by atoms with Crippen molar-refractivity contribution in [2.24, 2.45) is 23.7 Å². The van der Waals surface area contributed by atoms with Gasteiger partial charge in [-0.15, -0.1) is 0 Å². The molecule has 0 heterocycles. The summed E-state index contributed by atoms with van der Waals surface area (Å²) in [6, 6.07) is 7.48. The lowest BCUT2D eigenvalue weighted by molar-refractivity contribution is -0.160. The summed E-state index contributed by atoms with van der Waals surface area (Å²) in [6.45, 7) is 14.0. The Bertz CT molecular complexity index is 783. The van der Waals surface area contributed by atoms with Crippen LogP contribution in [0.4, 0.5) is 4.79 Å². The van der Waals surface area contributed by atoms with Crippen LogP contribution in [-0.2, 0) is 20.7 Å². The van der Waals surface area contributed by atoms with Crippen molar-refractivity contribution in [2.75, 3.05) is 7.11 Å². The number of nitrogens with one attached hydrogen (secondary N) is 1. The fraction of sp³-hybridized carbons (Fsp3) is 0.714. The summed E-state index contributed by atoms with van der Waals surface area (Å²) in [6.07, 6.45) is 3.76. The Labute approximate surface area is 206 Å². The molecule has 6 nitrogen and oxygen atoms in total. The van der Waals surface area contributed by atoms with E-state index < -0.39 is 11.7 Å². The van der Waals surface area contributed by atoms with Gasteiger partial charge in [0.2, 0.25) is 0 Å². The highest BCUT2D eigenvalue weighted by atomic mass is 16.6. The number of amides is 1. The van der Waals surface area contributed by atoms with Gasteiger partial charge in [0.15, 0.2) is 0 Å². The van der Waals surface area contributed by atoms with Crippen molar-refractivity contribution in [3.05, 3.63) is 29.8 Å². The average Bonchev–Trinajstić information content (AvgIpc) is 2.72. The van der Waals surface area contributed by atoms with Gasteiger partial charge in [-0.3, -0.25) is 4.79 Å². The van der Waals surface area contributed by atoms with E-state index in [2.05, 4.69) is 26.1 Å². The maximum Gasteiger partial charge on any atom is 0.407 e. The van der Waals surface area contributed by atoms with Crippen molar-refractivity contribution >= 4 is 12.1 Å². The van der Waals surface area contributed by atoms with Crippen molar-refractivity contribution in [2.45, 2.75) is 98.3 Å². The van der Waals surface area contributed by atoms with E-state index in [1.165, 1.54) is 6.42 Å². The molecule has 1 fully saturated rings. The highest BCUT2D eigenvalue weighted by molar-refractivity contribution is 5.72. The Kier molecular flexibility index (Phi) is 10.3. The van der Waals surface area contributed by atoms with Gasteiger partial charge in [0.1, 0.15) is 17.5 Å². The monoisotopic (exact) mass is 475 g/mol. The van der Waals surface area contributed by atoms with E-state index in [1.54, 1.807) is 7.11 Å². The number of hydrogen-bond acceptors (Lipinski definition) is 5. The standard InChI is InChI=1S/C28H45NO5/c1-18(2)24-14-9-19(3)15-25(24)33-26(30)20(4)16-22(29-27(31)34-28(5,6)7)17-21-10-12-23(32-8)13-11-21/h10-13,18-20,22,24-25H,9,14-17H2,1-8H3,(H,29,31)/t19-,20-,22-,24+,25-/m1/s1. The van der Waals surface area contributed by atoms with E-state index in [1.807, 2.05) is 52.0 Å². The molecule has 1 aromatic carbocycles. The second-order valence-corrected chi connectivity index (χ2v) is 11.3. The zero-order chi connectivity index (χ0) is 25.5. The molecule has 5 atom stereocenters. The molecule has 0 aliphatic heterocycles. The molecule has 2 rings (SSSR count). The number of carbonyl (C=O) groups excluding carboxylic acids is 2. The van der Waals surface area contributed by atoms with Crippen LogP contribution in [0.25, 0.3) is 0 Å². The van der Waals surface area contributed by atoms with E-state index in [0.717, 1.165) is 24.2 Å². The first-order chi connectivity index (χ1) is 15.9. The quantitative estimate of drug-likeness (QED) is 0.433. The minimum atomic E-state index is -0.594. The van der Waals surface area contributed by atoms with Gasteiger partial charge in [0, 0.05) is 6.04 Å². The predicted molar refractivity (Wildman–Crippen MR) is 135 cm³/mol. The van der Waals surface area contributed by atoms with Crippen LogP contribution < -0.4 is 10.1 Å². The van der Waals surface area contributed by atoms with Crippen molar-refractivity contribution < 1.29 is 23.8 Å². The largest absolute Gasteiger partial charge is 0.497 e. The fourth-order valence-electron chi connectivity index (χ4n) is 4.75. The Morgan fingerprint density at radius 2 is 1.74 bits per heavy atom. The molecule has 0 spiro atoms. The molecule has 1 saturated carbocycles. The fourth-order valence-corrected chi connectivity index (χ4v) is 4.75. The predicted octanol–water partition coefficient (Wildman–Crippen LogP) is 6.16. The normalized spacial score (nSPS) is 22.6. The highest BCUT2D eigenvalue weighted by Crippen LogP contribution is 2.36. The molecule has 0 aromatic heterocycles. The van der Waals surface area contributed by atoms with Crippen molar-refractivity contribution in [3.63, 3.8) is 0 Å². The van der Waals surface area contributed by atoms with Crippen LogP contribution in [0.3, 0.4) is 0 Å². The van der Waals surface area contributed by atoms with Gasteiger partial charge < -0.3 is 19.5 Å². The summed E-state index contributed by atoms with van der Waals surface area (Å²) < 4.78 is 16.8. The van der Waals surface area contributed by atoms with Crippen molar-refractivity contribution in [3.8, 4) is 5.75 Å². The molecule has 0 radical (unpaired) electrons. The number of methoxy groups -OCH3 is 1. The maximum atomic E-state index is 13.1. The molecular weight excluding hydrogens is 430 g/mol. The number of alkyl carbamates (subject to hydrolysis) is 1. The van der Waals surface area contributed by atoms with Crippen molar-refractivity contribution in [1.29, 1.82) is 0 Å². The molecular formula is C28H45NO5. The number of ether oxygens (including phenoxy) is 3. The third-order valence-corrected chi connectivity index (χ3v) is 6.63. The first kappa shape index (κ1) is 28.0. The van der Waals surface area contributed by atoms with E-state index in [4.69, 9.17) is 14.2 Å². The van der Waals surface area contributed by atoms with Gasteiger partial charge in [-0.2, -0.15) is 0 Å². The lowest BCUT2D eigenvalue weighted by Crippen LogP contribution is -2.42. The summed E-state index contributed by atoms with van der Waals surface area (Å²) in [4.78, 5) is 25.6. The molecule has 0 bridgehead atoms. The van der Waals surface area contributed by atoms with Crippen LogP contribution in [0, 0.1) is 23.7 Å². The molecule has 1 aliphatic rings. The third-order valence-electron chi connectivity index (χ3n) is 6.63. The van der Waals surface area contributed by atoms with Crippen molar-refractivity contribution in [1.82, 2.24) is 5.32 Å². The lowest BCUT2D eigenvalue weighted by Gasteiger charge is -2.37. The van der Waals surface area contributed by atoms with Crippen LogP contribution in [0.2, 0.25) is 0 Å². The van der Waals surface area contributed by atoms with Gasteiger partial charge in [0.05, 0.1) is 13.0 Å². The van der Waals surface area contributed by atoms with Crippen LogP contribution in [0.15, 0.2) is 24.3 Å². The summed E-state index contributed by atoms with van der Waals surface area (Å²) >= 11 is 0. The number of rotatable bonds is 9. The summed E-state index contributed by atoms with van der Waals surface area (Å²) in [7, 11) is 1.63. The zero-order valence-electron chi connectivity index (χ0n) is 22.4. The molecule has 192 valence electrons. The highest BCUT2D eigenvalue weighted by Gasteiger charge is 2.35. The Hall–Kier alpha value is -2.24. The lowest BCUT2D eigenvalue weighted by atomic mass is 9.75. The molecule has 34 heavy (non-hydrogen) atoms. The number of esters is 1. The van der Waals surface area contributed by atoms with Crippen LogP contribution in [0.5, 0.6) is 5.75 Å². The molecule has 1 aliphatic carbocycles. The molecule has 0 saturated heterocycles. The Morgan fingerprint density at radius 1 is 1.09 bits per heavy atom. The third kappa shape index (κ3) is 9.19. The van der Waals surface area contributed by atoms with E-state index >= 15 is 0 Å². The number of carbonyl (C=O) groups is 2. The smallest absolute Gasteiger partial charge is 0.407 e. The number of hydrogen-bond donors (Lipinski definition) is 1. The minimum Gasteiger partial charge on any atom is -0.497 e. The van der Waals surface area contributed by atoms with Gasteiger partial charge in [-0.05, 0) is 81.9 Å². The van der Waals surface area contributed by atoms with Crippen LogP contribution in [-0.4, -0.2) is 36.9 Å². The van der Waals surface area contributed by atoms with Crippen LogP contribution in [0.1, 0.15) is 79.7 Å². The first-order valence-corrected chi connectivity index (χ1v) is 12.7. The molecule has 1 N–H and O–H groups in total. The minimum absolute atomic E-state index is 0.0300. The van der Waals surface area contributed by atoms with Gasteiger partial charge in [-0.25, -0.2) is 4.79 Å². The topological polar surface area (TPSA) is 73.9 Å². The molecule has 1 aromatic rings. The summed E-state index contributed by atoms with van der Waals surface area (Å²) in [5, 5.41) is 2.97. The van der Waals surface area contributed by atoms with Gasteiger partial charge in [-0.1, -0.05) is 46.2 Å². The SMILES string of the molecule is COc1ccc(C[C@@H](C[C@@H](C)C(=O)O[C@@H]2C[C@H](C)CC[C@H]2C(C)C)NC(=O)OC(C)(C)C)cc1. The molecule has 6 heteroatoms. The number of benzene rings is 1. The van der Waals surface area contributed by atoms with E-state index in [0.29, 0.717) is 30.6 Å². The zero-order valence-corrected chi connectivity index (χ0v) is 22.4. The van der Waals surface area contributed by atoms with E-state index in [9.17, 15) is 9.59 Å². The van der Waals surface area contributed by atoms with Gasteiger partial charge in [0.25, 0.3) is 0 Å². The van der Waals surface area contributed by atoms with E-state index in [-0.39, 0.29) is 24.0 Å². The average molecular weight is 476 g/mol. The Morgan fingerprint density at radius 3 is 2.29 bits per heavy atom. The molecule has 0 unspecified atom stereocenters. The Balaban J connectivity index is 2.07. The maximum absolute atomic E-state index is 13.1. The second-order valence-electron chi connectivity index (χ2n) is 11.3. The summed E-state index contributed by atoms with van der Waals surface area (Å²) in [5.74, 6) is 1.71. The van der Waals surface area contributed by atoms with Gasteiger partial charge >= 0.3 is 12.1 Å².